The molecular formula is C9H8BNO4. The van der Waals surface area contributed by atoms with Gasteiger partial charge in [-0.25, -0.2) is 0 Å². The summed E-state index contributed by atoms with van der Waals surface area (Å²) in [7, 11) is 5.55. The third kappa shape index (κ3) is 2.80. The fraction of sp³-hybridized carbons (Fsp3) is 0.222. The van der Waals surface area contributed by atoms with Gasteiger partial charge in [-0.2, -0.15) is 0 Å². The summed E-state index contributed by atoms with van der Waals surface area (Å²) in [6.45, 7) is 1.04. The number of nitrogens with zero attached hydrogens (tertiary/aromatic N) is 1. The molecule has 0 aliphatic heterocycles. The molecule has 0 unspecified atom stereocenters. The first-order valence-electron chi connectivity index (χ1n) is 4.17. The Morgan fingerprint density at radius 1 is 1.60 bits per heavy atom. The standard InChI is InChI=1S/C9H8BNO4/c1-6(12)15-5-7-8(10)3-2-4-9(7)11(13)14/h2-4H,5H2,1H3. The van der Waals surface area contributed by atoms with E-state index in [1.807, 2.05) is 0 Å². The van der Waals surface area contributed by atoms with E-state index in [4.69, 9.17) is 7.85 Å². The van der Waals surface area contributed by atoms with Crippen molar-refractivity contribution in [1.29, 1.82) is 0 Å². The lowest BCUT2D eigenvalue weighted by Crippen LogP contribution is -2.15. The minimum Gasteiger partial charge on any atom is -0.461 e. The number of ether oxygens (including phenoxy) is 1. The first kappa shape index (κ1) is 11.2. The minimum absolute atomic E-state index is 0.142. The Kier molecular flexibility index (Phi) is 3.44. The van der Waals surface area contributed by atoms with Gasteiger partial charge in [0.2, 0.25) is 0 Å². The Morgan fingerprint density at radius 2 is 2.27 bits per heavy atom. The first-order chi connectivity index (χ1) is 7.02. The van der Waals surface area contributed by atoms with Crippen molar-refractivity contribution in [1.82, 2.24) is 0 Å². The van der Waals surface area contributed by atoms with Crippen molar-refractivity contribution in [2.45, 2.75) is 13.5 Å². The Balaban J connectivity index is 3.02. The quantitative estimate of drug-likeness (QED) is 0.311. The van der Waals surface area contributed by atoms with Gasteiger partial charge in [-0.1, -0.05) is 17.6 Å². The average Bonchev–Trinajstić information content (AvgIpc) is 2.15. The number of nitro benzene ring substituents is 1. The Morgan fingerprint density at radius 3 is 2.80 bits per heavy atom. The Labute approximate surface area is 87.6 Å². The fourth-order valence-electron chi connectivity index (χ4n) is 1.09. The summed E-state index contributed by atoms with van der Waals surface area (Å²) in [5, 5.41) is 10.6. The van der Waals surface area contributed by atoms with Crippen LogP contribution in [-0.4, -0.2) is 18.7 Å². The van der Waals surface area contributed by atoms with E-state index < -0.39 is 10.9 Å². The summed E-state index contributed by atoms with van der Waals surface area (Å²) in [5.41, 5.74) is 0.319. The van der Waals surface area contributed by atoms with Gasteiger partial charge in [0.05, 0.1) is 10.5 Å². The van der Waals surface area contributed by atoms with Crippen molar-refractivity contribution in [3.05, 3.63) is 33.9 Å². The molecule has 5 nitrogen and oxygen atoms in total. The van der Waals surface area contributed by atoms with E-state index in [1.165, 1.54) is 25.1 Å². The second-order valence-corrected chi connectivity index (χ2v) is 2.88. The molecule has 1 aromatic rings. The lowest BCUT2D eigenvalue weighted by atomic mass is 9.90. The second-order valence-electron chi connectivity index (χ2n) is 2.88. The molecule has 0 bridgehead atoms. The molecule has 0 saturated carbocycles. The number of rotatable bonds is 3. The molecule has 0 N–H and O–H groups in total. The van der Waals surface area contributed by atoms with E-state index in [2.05, 4.69) is 4.74 Å². The third-order valence-corrected chi connectivity index (χ3v) is 1.80. The first-order valence-corrected chi connectivity index (χ1v) is 4.17. The number of carbonyl (C=O) groups excluding carboxylic acids is 1. The number of hydrogen-bond acceptors (Lipinski definition) is 4. The van der Waals surface area contributed by atoms with Gasteiger partial charge in [-0.3, -0.25) is 14.9 Å². The van der Waals surface area contributed by atoms with Gasteiger partial charge >= 0.3 is 5.97 Å². The molecule has 15 heavy (non-hydrogen) atoms. The predicted octanol–water partition coefficient (Wildman–Crippen LogP) is 0.452. The highest BCUT2D eigenvalue weighted by Gasteiger charge is 2.15. The van der Waals surface area contributed by atoms with Gasteiger partial charge in [0.25, 0.3) is 5.69 Å². The highest BCUT2D eigenvalue weighted by molar-refractivity contribution is 6.33. The van der Waals surface area contributed by atoms with Crippen molar-refractivity contribution in [2.24, 2.45) is 0 Å². The molecule has 0 saturated heterocycles. The monoisotopic (exact) mass is 205 g/mol. The van der Waals surface area contributed by atoms with Crippen LogP contribution in [0.1, 0.15) is 12.5 Å². The van der Waals surface area contributed by atoms with Gasteiger partial charge in [-0.15, -0.1) is 0 Å². The predicted molar refractivity (Wildman–Crippen MR) is 54.0 cm³/mol. The summed E-state index contributed by atoms with van der Waals surface area (Å²) < 4.78 is 4.68. The molecule has 0 aliphatic rings. The maximum Gasteiger partial charge on any atom is 0.302 e. The van der Waals surface area contributed by atoms with Crippen LogP contribution in [0.4, 0.5) is 5.69 Å². The van der Waals surface area contributed by atoms with Crippen LogP contribution >= 0.6 is 0 Å². The van der Waals surface area contributed by atoms with Crippen LogP contribution in [0.5, 0.6) is 0 Å². The van der Waals surface area contributed by atoms with Gasteiger partial charge in [0.15, 0.2) is 0 Å². The molecule has 6 heteroatoms. The van der Waals surface area contributed by atoms with E-state index in [0.717, 1.165) is 0 Å². The SMILES string of the molecule is [B]c1cccc([N+](=O)[O-])c1COC(C)=O. The van der Waals surface area contributed by atoms with Crippen LogP contribution < -0.4 is 5.46 Å². The summed E-state index contributed by atoms with van der Waals surface area (Å²) in [6.07, 6.45) is 0. The Bertz CT molecular complexity index is 405. The highest BCUT2D eigenvalue weighted by Crippen LogP contribution is 2.16. The van der Waals surface area contributed by atoms with Crippen molar-refractivity contribution in [2.75, 3.05) is 0 Å². The smallest absolute Gasteiger partial charge is 0.302 e. The number of carbonyl (C=O) groups is 1. The lowest BCUT2D eigenvalue weighted by molar-refractivity contribution is -0.385. The van der Waals surface area contributed by atoms with E-state index in [0.29, 0.717) is 0 Å². The molecule has 2 radical (unpaired) electrons. The van der Waals surface area contributed by atoms with Crippen LogP contribution in [0.25, 0.3) is 0 Å². The maximum atomic E-state index is 10.6. The van der Waals surface area contributed by atoms with Crippen LogP contribution in [0, 0.1) is 10.1 Å². The second kappa shape index (κ2) is 4.59. The van der Waals surface area contributed by atoms with E-state index >= 15 is 0 Å². The highest BCUT2D eigenvalue weighted by atomic mass is 16.6. The van der Waals surface area contributed by atoms with E-state index in [-0.39, 0.29) is 23.3 Å². The van der Waals surface area contributed by atoms with Crippen molar-refractivity contribution in [3.63, 3.8) is 0 Å². The zero-order valence-corrected chi connectivity index (χ0v) is 8.10. The summed E-state index contributed by atoms with van der Waals surface area (Å²) >= 11 is 0. The van der Waals surface area contributed by atoms with Gasteiger partial charge in [0, 0.05) is 13.0 Å². The van der Waals surface area contributed by atoms with Crippen molar-refractivity contribution >= 4 is 25.0 Å². The van der Waals surface area contributed by atoms with Crippen LogP contribution in [0.3, 0.4) is 0 Å². The zero-order chi connectivity index (χ0) is 11.4. The van der Waals surface area contributed by atoms with Crippen LogP contribution in [0.15, 0.2) is 18.2 Å². The van der Waals surface area contributed by atoms with Crippen molar-refractivity contribution < 1.29 is 14.5 Å². The molecule has 0 fully saturated rings. The van der Waals surface area contributed by atoms with Gasteiger partial charge in [-0.05, 0) is 0 Å². The fourth-order valence-corrected chi connectivity index (χ4v) is 1.09. The zero-order valence-electron chi connectivity index (χ0n) is 8.10. The third-order valence-electron chi connectivity index (χ3n) is 1.80. The average molecular weight is 205 g/mol. The van der Waals surface area contributed by atoms with Gasteiger partial charge < -0.3 is 4.74 Å². The molecule has 0 aromatic heterocycles. The molecule has 0 spiro atoms. The van der Waals surface area contributed by atoms with Crippen LogP contribution in [-0.2, 0) is 16.1 Å². The number of hydrogen-bond donors (Lipinski definition) is 0. The molecule has 76 valence electrons. The normalized spacial score (nSPS) is 9.67. The minimum atomic E-state index is -0.560. The van der Waals surface area contributed by atoms with E-state index in [1.54, 1.807) is 0 Å². The molecule has 0 aliphatic carbocycles. The van der Waals surface area contributed by atoms with Crippen LogP contribution in [0.2, 0.25) is 0 Å². The lowest BCUT2D eigenvalue weighted by Gasteiger charge is -2.06. The summed E-state index contributed by atoms with van der Waals surface area (Å²) in [6, 6.07) is 4.31. The molecular weight excluding hydrogens is 197 g/mol. The number of nitro groups is 1. The molecule has 1 aromatic carbocycles. The topological polar surface area (TPSA) is 69.4 Å². The Hall–Kier alpha value is -1.85. The molecule has 0 atom stereocenters. The largest absolute Gasteiger partial charge is 0.461 e. The van der Waals surface area contributed by atoms with Gasteiger partial charge in [0.1, 0.15) is 14.5 Å². The van der Waals surface area contributed by atoms with E-state index in [9.17, 15) is 14.9 Å². The summed E-state index contributed by atoms with van der Waals surface area (Å²) in [4.78, 5) is 20.6. The molecule has 1 rings (SSSR count). The molecule has 0 amide bonds. The van der Waals surface area contributed by atoms with Crippen molar-refractivity contribution in [3.8, 4) is 0 Å². The number of esters is 1. The molecule has 0 heterocycles. The number of benzene rings is 1. The summed E-state index contributed by atoms with van der Waals surface area (Å²) in [5.74, 6) is -0.507. The maximum absolute atomic E-state index is 10.6.